The second-order valence-electron chi connectivity index (χ2n) is 10.7. The van der Waals surface area contributed by atoms with E-state index in [0.717, 1.165) is 35.1 Å². The highest BCUT2D eigenvalue weighted by atomic mass is 32.2. The lowest BCUT2D eigenvalue weighted by Crippen LogP contribution is -2.41. The van der Waals surface area contributed by atoms with Gasteiger partial charge in [0.25, 0.3) is 0 Å². The third-order valence-corrected chi connectivity index (χ3v) is 9.63. The largest absolute Gasteiger partial charge is 0.454 e. The molecule has 1 aliphatic carbocycles. The van der Waals surface area contributed by atoms with Gasteiger partial charge in [0.15, 0.2) is 11.5 Å². The monoisotopic (exact) mass is 536 g/mol. The molecule has 1 amide bonds. The molecule has 0 aromatic heterocycles. The van der Waals surface area contributed by atoms with E-state index in [-0.39, 0.29) is 31.1 Å². The number of aryl methyl sites for hydroxylation is 1. The summed E-state index contributed by atoms with van der Waals surface area (Å²) >= 11 is 0. The number of sulfonamides is 1. The molecule has 1 fully saturated rings. The van der Waals surface area contributed by atoms with Gasteiger partial charge in [0, 0.05) is 19.2 Å². The topological polar surface area (TPSA) is 84.9 Å². The van der Waals surface area contributed by atoms with Gasteiger partial charge >= 0.3 is 0 Å². The summed E-state index contributed by atoms with van der Waals surface area (Å²) in [7, 11) is -3.61. The van der Waals surface area contributed by atoms with Crippen molar-refractivity contribution in [3.05, 3.63) is 71.8 Å². The van der Waals surface area contributed by atoms with E-state index in [1.165, 1.54) is 4.31 Å². The van der Waals surface area contributed by atoms with Crippen LogP contribution in [-0.4, -0.2) is 37.5 Å². The SMILES string of the molecule is Cc1ccc(NC(=O)C2(c3ccc4c(c3)OCO4)CC2)cc1-c1ccc(S(=O)(=O)N(C(C)C)C(C)C)cc1.[HH]. The summed E-state index contributed by atoms with van der Waals surface area (Å²) in [6.07, 6.45) is 1.55. The van der Waals surface area contributed by atoms with Crippen molar-refractivity contribution in [2.45, 2.75) is 69.9 Å². The van der Waals surface area contributed by atoms with Gasteiger partial charge in [0.05, 0.1) is 10.3 Å². The normalized spacial score (nSPS) is 15.8. The van der Waals surface area contributed by atoms with Crippen LogP contribution in [0, 0.1) is 6.92 Å². The van der Waals surface area contributed by atoms with Gasteiger partial charge in [0.2, 0.25) is 22.7 Å². The minimum absolute atomic E-state index is 0. The Kier molecular flexibility index (Phi) is 6.73. The summed E-state index contributed by atoms with van der Waals surface area (Å²) in [6, 6.07) is 18.2. The molecule has 0 atom stereocenters. The van der Waals surface area contributed by atoms with E-state index in [1.807, 2.05) is 83.1 Å². The van der Waals surface area contributed by atoms with Gasteiger partial charge < -0.3 is 14.8 Å². The Morgan fingerprint density at radius 3 is 2.21 bits per heavy atom. The number of fused-ring (bicyclic) bond motifs is 1. The van der Waals surface area contributed by atoms with Crippen LogP contribution in [0.5, 0.6) is 11.5 Å². The maximum absolute atomic E-state index is 13.4. The number of carbonyl (C=O) groups is 1. The molecule has 0 unspecified atom stereocenters. The van der Waals surface area contributed by atoms with Gasteiger partial charge in [-0.2, -0.15) is 4.31 Å². The zero-order chi connectivity index (χ0) is 27.2. The molecule has 38 heavy (non-hydrogen) atoms. The maximum Gasteiger partial charge on any atom is 0.243 e. The first kappa shape index (κ1) is 26.3. The Bertz CT molecular complexity index is 1470. The Morgan fingerprint density at radius 1 is 0.921 bits per heavy atom. The van der Waals surface area contributed by atoms with Crippen molar-refractivity contribution in [2.24, 2.45) is 0 Å². The van der Waals surface area contributed by atoms with Crippen molar-refractivity contribution in [3.63, 3.8) is 0 Å². The van der Waals surface area contributed by atoms with Crippen LogP contribution in [0.4, 0.5) is 5.69 Å². The molecule has 3 aromatic rings. The number of hydrogen-bond acceptors (Lipinski definition) is 5. The van der Waals surface area contributed by atoms with Gasteiger partial charge in [-0.1, -0.05) is 24.3 Å². The second-order valence-corrected chi connectivity index (χ2v) is 12.5. The van der Waals surface area contributed by atoms with Crippen LogP contribution < -0.4 is 14.8 Å². The quantitative estimate of drug-likeness (QED) is 0.375. The van der Waals surface area contributed by atoms with Crippen LogP contribution in [0.2, 0.25) is 0 Å². The average molecular weight is 537 g/mol. The van der Waals surface area contributed by atoms with Crippen molar-refractivity contribution in [1.29, 1.82) is 0 Å². The highest BCUT2D eigenvalue weighted by molar-refractivity contribution is 7.89. The van der Waals surface area contributed by atoms with Crippen LogP contribution in [0.1, 0.15) is 53.1 Å². The van der Waals surface area contributed by atoms with Gasteiger partial charge in [0.1, 0.15) is 0 Å². The molecule has 5 rings (SSSR count). The first-order chi connectivity index (χ1) is 18.0. The summed E-state index contributed by atoms with van der Waals surface area (Å²) < 4.78 is 38.9. The van der Waals surface area contributed by atoms with Gasteiger partial charge in [-0.05, 0) is 106 Å². The van der Waals surface area contributed by atoms with Gasteiger partial charge in [-0.15, -0.1) is 0 Å². The highest BCUT2D eigenvalue weighted by Gasteiger charge is 2.51. The predicted molar refractivity (Wildman–Crippen MR) is 150 cm³/mol. The molecular formula is C30H36N2O5S. The molecule has 1 saturated carbocycles. The number of carbonyl (C=O) groups excluding carboxylic acids is 1. The van der Waals surface area contributed by atoms with E-state index < -0.39 is 15.4 Å². The lowest BCUT2D eigenvalue weighted by molar-refractivity contribution is -0.118. The zero-order valence-electron chi connectivity index (χ0n) is 22.4. The number of anilines is 1. The molecule has 3 aromatic carbocycles. The molecule has 8 heteroatoms. The number of hydrogen-bond donors (Lipinski definition) is 1. The zero-order valence-corrected chi connectivity index (χ0v) is 23.3. The van der Waals surface area contributed by atoms with Crippen molar-refractivity contribution in [1.82, 2.24) is 4.31 Å². The molecule has 2 aliphatic rings. The van der Waals surface area contributed by atoms with E-state index in [1.54, 1.807) is 12.1 Å². The number of nitrogens with one attached hydrogen (secondary N) is 1. The van der Waals surface area contributed by atoms with Gasteiger partial charge in [-0.25, -0.2) is 8.42 Å². The fourth-order valence-electron chi connectivity index (χ4n) is 5.31. The fourth-order valence-corrected chi connectivity index (χ4v) is 7.14. The molecular weight excluding hydrogens is 500 g/mol. The van der Waals surface area contributed by atoms with Crippen LogP contribution in [0.3, 0.4) is 0 Å². The van der Waals surface area contributed by atoms with E-state index in [9.17, 15) is 13.2 Å². The van der Waals surface area contributed by atoms with Crippen LogP contribution in [-0.2, 0) is 20.2 Å². The minimum Gasteiger partial charge on any atom is -0.454 e. The average Bonchev–Trinajstić information content (AvgIpc) is 3.55. The molecule has 0 spiro atoms. The Morgan fingerprint density at radius 2 is 1.58 bits per heavy atom. The van der Waals surface area contributed by atoms with E-state index in [0.29, 0.717) is 17.2 Å². The standard InChI is InChI=1S/C30H34N2O5S.H2/c1-19(2)32(20(3)4)38(34,35)25-11-7-22(8-12-25)26-17-24(10-6-21(26)5)31-29(33)30(14-15-30)23-9-13-27-28(16-23)37-18-36-27;/h6-13,16-17,19-20H,14-15,18H2,1-5H3,(H,31,33);1H. The third kappa shape index (κ3) is 4.67. The molecule has 1 heterocycles. The second kappa shape index (κ2) is 9.75. The molecule has 1 aliphatic heterocycles. The van der Waals surface area contributed by atoms with Crippen molar-refractivity contribution >= 4 is 21.6 Å². The van der Waals surface area contributed by atoms with E-state index in [4.69, 9.17) is 9.47 Å². The minimum atomic E-state index is -3.61. The van der Waals surface area contributed by atoms with Crippen molar-refractivity contribution in [2.75, 3.05) is 12.1 Å². The number of benzene rings is 3. The van der Waals surface area contributed by atoms with E-state index in [2.05, 4.69) is 5.32 Å². The first-order valence-electron chi connectivity index (χ1n) is 13.0. The summed E-state index contributed by atoms with van der Waals surface area (Å²) in [6.45, 7) is 9.73. The molecule has 0 bridgehead atoms. The third-order valence-electron chi connectivity index (χ3n) is 7.36. The van der Waals surface area contributed by atoms with Crippen molar-refractivity contribution in [3.8, 4) is 22.6 Å². The maximum atomic E-state index is 13.4. The number of amides is 1. The van der Waals surface area contributed by atoms with Crippen LogP contribution >= 0.6 is 0 Å². The van der Waals surface area contributed by atoms with Crippen LogP contribution in [0.15, 0.2) is 65.6 Å². The number of nitrogens with zero attached hydrogens (tertiary/aromatic N) is 1. The molecule has 0 saturated heterocycles. The summed E-state index contributed by atoms with van der Waals surface area (Å²) in [4.78, 5) is 13.7. The molecule has 1 N–H and O–H groups in total. The summed E-state index contributed by atoms with van der Waals surface area (Å²) in [5, 5.41) is 3.11. The molecule has 0 radical (unpaired) electrons. The molecule has 7 nitrogen and oxygen atoms in total. The summed E-state index contributed by atoms with van der Waals surface area (Å²) in [5.41, 5.74) is 3.91. The summed E-state index contributed by atoms with van der Waals surface area (Å²) in [5.74, 6) is 1.33. The van der Waals surface area contributed by atoms with Gasteiger partial charge in [-0.3, -0.25) is 4.79 Å². The Hall–Kier alpha value is -3.36. The fraction of sp³-hybridized carbons (Fsp3) is 0.367. The smallest absolute Gasteiger partial charge is 0.243 e. The Labute approximate surface area is 226 Å². The Balaban J connectivity index is 0.00000353. The van der Waals surface area contributed by atoms with E-state index >= 15 is 0 Å². The van der Waals surface area contributed by atoms with Crippen LogP contribution in [0.25, 0.3) is 11.1 Å². The lowest BCUT2D eigenvalue weighted by Gasteiger charge is -2.29. The first-order valence-corrected chi connectivity index (χ1v) is 14.4. The highest BCUT2D eigenvalue weighted by Crippen LogP contribution is 2.51. The van der Waals surface area contributed by atoms with Crippen molar-refractivity contribution < 1.29 is 24.1 Å². The number of rotatable bonds is 8. The predicted octanol–water partition coefficient (Wildman–Crippen LogP) is 6.11. The number of ether oxygens (including phenoxy) is 2. The molecule has 202 valence electrons. The lowest BCUT2D eigenvalue weighted by atomic mass is 9.94.